The third-order valence-electron chi connectivity index (χ3n) is 4.80. The van der Waals surface area contributed by atoms with Gasteiger partial charge in [-0.15, -0.1) is 0 Å². The molecule has 0 atom stereocenters. The van der Waals surface area contributed by atoms with Crippen LogP contribution in [0, 0.1) is 0 Å². The predicted molar refractivity (Wildman–Crippen MR) is 120 cm³/mol. The van der Waals surface area contributed by atoms with Gasteiger partial charge in [-0.05, 0) is 76.1 Å². The zero-order valence-corrected chi connectivity index (χ0v) is 17.8. The maximum Gasteiger partial charge on any atom is 0.139 e. The van der Waals surface area contributed by atoms with Crippen LogP contribution in [0.25, 0.3) is 21.9 Å². The summed E-state index contributed by atoms with van der Waals surface area (Å²) in [6.45, 7) is 9.84. The van der Waals surface area contributed by atoms with E-state index in [1.165, 1.54) is 0 Å². The lowest BCUT2D eigenvalue weighted by atomic mass is 10.1. The molecule has 5 heteroatoms. The Kier molecular flexibility index (Phi) is 8.65. The Hall–Kier alpha value is -2.24. The van der Waals surface area contributed by atoms with E-state index in [-0.39, 0.29) is 0 Å². The van der Waals surface area contributed by atoms with Crippen molar-refractivity contribution in [3.8, 4) is 11.5 Å². The van der Waals surface area contributed by atoms with Crippen molar-refractivity contribution < 1.29 is 13.9 Å². The summed E-state index contributed by atoms with van der Waals surface area (Å²) in [5, 5.41) is 8.98. The molecule has 0 bridgehead atoms. The Morgan fingerprint density at radius 3 is 1.62 bits per heavy atom. The van der Waals surface area contributed by atoms with E-state index in [2.05, 4.69) is 36.6 Å². The number of rotatable bonds is 14. The zero-order chi connectivity index (χ0) is 20.3. The van der Waals surface area contributed by atoms with Gasteiger partial charge in [-0.2, -0.15) is 0 Å². The molecule has 0 radical (unpaired) electrons. The highest BCUT2D eigenvalue weighted by atomic mass is 16.5. The largest absolute Gasteiger partial charge is 0.493 e. The average molecular weight is 399 g/mol. The van der Waals surface area contributed by atoms with Gasteiger partial charge in [0.15, 0.2) is 0 Å². The van der Waals surface area contributed by atoms with Crippen LogP contribution in [0.5, 0.6) is 11.5 Å². The van der Waals surface area contributed by atoms with Crippen molar-refractivity contribution in [2.75, 3.05) is 39.4 Å². The molecule has 0 aliphatic carbocycles. The van der Waals surface area contributed by atoms with Crippen LogP contribution in [-0.2, 0) is 0 Å². The minimum atomic E-state index is 0.702. The van der Waals surface area contributed by atoms with Crippen LogP contribution in [0.15, 0.2) is 40.8 Å². The second kappa shape index (κ2) is 11.7. The lowest BCUT2D eigenvalue weighted by Gasteiger charge is -2.06. The maximum absolute atomic E-state index is 6.07. The number of hydrogen-bond acceptors (Lipinski definition) is 5. The number of fused-ring (bicyclic) bond motifs is 3. The summed E-state index contributed by atoms with van der Waals surface area (Å²) in [4.78, 5) is 0. The van der Waals surface area contributed by atoms with E-state index in [4.69, 9.17) is 13.9 Å². The van der Waals surface area contributed by atoms with Crippen molar-refractivity contribution in [2.24, 2.45) is 0 Å². The summed E-state index contributed by atoms with van der Waals surface area (Å²) < 4.78 is 17.8. The zero-order valence-electron chi connectivity index (χ0n) is 17.8. The summed E-state index contributed by atoms with van der Waals surface area (Å²) in [6, 6.07) is 12.1. The van der Waals surface area contributed by atoms with Gasteiger partial charge in [0.25, 0.3) is 0 Å². The first-order chi connectivity index (χ1) is 14.3. The van der Waals surface area contributed by atoms with E-state index in [1.54, 1.807) is 0 Å². The van der Waals surface area contributed by atoms with Crippen molar-refractivity contribution in [3.05, 3.63) is 36.4 Å². The molecule has 2 aromatic carbocycles. The molecular formula is C24H34N2O3. The number of benzene rings is 2. The predicted octanol–water partition coefficient (Wildman–Crippen LogP) is 5.12. The molecule has 0 fully saturated rings. The van der Waals surface area contributed by atoms with Gasteiger partial charge in [0.2, 0.25) is 0 Å². The van der Waals surface area contributed by atoms with Gasteiger partial charge in [0, 0.05) is 22.9 Å². The molecule has 0 aliphatic heterocycles. The van der Waals surface area contributed by atoms with E-state index < -0.39 is 0 Å². The van der Waals surface area contributed by atoms with Gasteiger partial charge in [-0.3, -0.25) is 0 Å². The Balaban J connectivity index is 1.56. The molecule has 1 aromatic heterocycles. The Labute approximate surface area is 173 Å². The highest BCUT2D eigenvalue weighted by Gasteiger charge is 2.09. The highest BCUT2D eigenvalue weighted by molar-refractivity contribution is 6.05. The summed E-state index contributed by atoms with van der Waals surface area (Å²) >= 11 is 0. The van der Waals surface area contributed by atoms with E-state index in [9.17, 15) is 0 Å². The monoisotopic (exact) mass is 398 g/mol. The number of hydrogen-bond donors (Lipinski definition) is 2. The number of furan rings is 1. The van der Waals surface area contributed by atoms with E-state index in [1.807, 2.05) is 24.3 Å². The fraction of sp³-hybridized carbons (Fsp3) is 0.500. The Morgan fingerprint density at radius 2 is 1.17 bits per heavy atom. The normalized spacial score (nSPS) is 11.4. The number of ether oxygens (including phenoxy) is 2. The smallest absolute Gasteiger partial charge is 0.139 e. The average Bonchev–Trinajstić information content (AvgIpc) is 3.10. The topological polar surface area (TPSA) is 55.7 Å². The van der Waals surface area contributed by atoms with Gasteiger partial charge in [-0.1, -0.05) is 13.8 Å². The molecule has 0 spiro atoms. The van der Waals surface area contributed by atoms with Crippen LogP contribution < -0.4 is 20.1 Å². The van der Waals surface area contributed by atoms with Gasteiger partial charge in [0.1, 0.15) is 22.7 Å². The third kappa shape index (κ3) is 6.38. The summed E-state index contributed by atoms with van der Waals surface area (Å²) in [5.74, 6) is 1.70. The van der Waals surface area contributed by atoms with E-state index in [0.717, 1.165) is 85.3 Å². The second-order valence-electron chi connectivity index (χ2n) is 7.32. The van der Waals surface area contributed by atoms with Crippen molar-refractivity contribution in [2.45, 2.75) is 39.5 Å². The lowest BCUT2D eigenvalue weighted by Crippen LogP contribution is -2.18. The molecule has 0 saturated heterocycles. The van der Waals surface area contributed by atoms with Gasteiger partial charge < -0.3 is 24.5 Å². The first kappa shape index (κ1) is 21.5. The standard InChI is InChI=1S/C24H34N2O3/c1-3-11-25-13-5-15-27-19-7-9-21-22-10-8-20(18-24(22)29-23(21)17-19)28-16-6-14-26-12-4-2/h7-10,17-18,25-26H,3-6,11-16H2,1-2H3. The van der Waals surface area contributed by atoms with Crippen LogP contribution in [0.3, 0.4) is 0 Å². The van der Waals surface area contributed by atoms with Crippen LogP contribution in [-0.4, -0.2) is 39.4 Å². The minimum absolute atomic E-state index is 0.702. The van der Waals surface area contributed by atoms with E-state index >= 15 is 0 Å². The SMILES string of the molecule is CCCNCCCOc1ccc2c(c1)oc1cc(OCCCNCCC)ccc12. The molecule has 0 aliphatic rings. The third-order valence-corrected chi connectivity index (χ3v) is 4.80. The van der Waals surface area contributed by atoms with Gasteiger partial charge >= 0.3 is 0 Å². The van der Waals surface area contributed by atoms with Gasteiger partial charge in [-0.25, -0.2) is 0 Å². The van der Waals surface area contributed by atoms with Crippen molar-refractivity contribution in [1.29, 1.82) is 0 Å². The van der Waals surface area contributed by atoms with Gasteiger partial charge in [0.05, 0.1) is 13.2 Å². The molecule has 1 heterocycles. The molecular weight excluding hydrogens is 364 g/mol. The molecule has 3 aromatic rings. The van der Waals surface area contributed by atoms with Crippen molar-refractivity contribution >= 4 is 21.9 Å². The fourth-order valence-electron chi connectivity index (χ4n) is 3.30. The fourth-order valence-corrected chi connectivity index (χ4v) is 3.30. The van der Waals surface area contributed by atoms with Crippen LogP contribution in [0.4, 0.5) is 0 Å². The highest BCUT2D eigenvalue weighted by Crippen LogP contribution is 2.33. The summed E-state index contributed by atoms with van der Waals surface area (Å²) in [7, 11) is 0. The maximum atomic E-state index is 6.07. The molecule has 158 valence electrons. The molecule has 3 rings (SSSR count). The first-order valence-electron chi connectivity index (χ1n) is 10.9. The first-order valence-corrected chi connectivity index (χ1v) is 10.9. The van der Waals surface area contributed by atoms with E-state index in [0.29, 0.717) is 13.2 Å². The lowest BCUT2D eigenvalue weighted by molar-refractivity contribution is 0.308. The summed E-state index contributed by atoms with van der Waals surface area (Å²) in [5.41, 5.74) is 1.70. The summed E-state index contributed by atoms with van der Waals surface area (Å²) in [6.07, 6.45) is 4.30. The van der Waals surface area contributed by atoms with Crippen LogP contribution >= 0.6 is 0 Å². The number of nitrogens with one attached hydrogen (secondary N) is 2. The molecule has 29 heavy (non-hydrogen) atoms. The quantitative estimate of drug-likeness (QED) is 0.369. The van der Waals surface area contributed by atoms with Crippen molar-refractivity contribution in [1.82, 2.24) is 10.6 Å². The molecule has 2 N–H and O–H groups in total. The molecule has 0 saturated carbocycles. The van der Waals surface area contributed by atoms with Crippen LogP contribution in [0.2, 0.25) is 0 Å². The minimum Gasteiger partial charge on any atom is -0.493 e. The van der Waals surface area contributed by atoms with Crippen LogP contribution in [0.1, 0.15) is 39.5 Å². The Morgan fingerprint density at radius 1 is 0.690 bits per heavy atom. The second-order valence-corrected chi connectivity index (χ2v) is 7.32. The molecule has 5 nitrogen and oxygen atoms in total. The Bertz CT molecular complexity index is 805. The van der Waals surface area contributed by atoms with Crippen molar-refractivity contribution in [3.63, 3.8) is 0 Å². The molecule has 0 unspecified atom stereocenters. The molecule has 0 amide bonds.